The van der Waals surface area contributed by atoms with Gasteiger partial charge >= 0.3 is 0 Å². The molecule has 0 aromatic heterocycles. The Balaban J connectivity index is 1.91. The highest BCUT2D eigenvalue weighted by molar-refractivity contribution is 6.42. The highest BCUT2D eigenvalue weighted by Gasteiger charge is 2.34. The minimum absolute atomic E-state index is 0.00215. The van der Waals surface area contributed by atoms with E-state index in [9.17, 15) is 9.59 Å². The number of hydrogen-bond donors (Lipinski definition) is 1. The van der Waals surface area contributed by atoms with Crippen LogP contribution in [0.5, 0.6) is 11.5 Å². The first-order valence-corrected chi connectivity index (χ1v) is 9.42. The van der Waals surface area contributed by atoms with E-state index >= 15 is 0 Å². The van der Waals surface area contributed by atoms with Gasteiger partial charge in [0.2, 0.25) is 0 Å². The largest absolute Gasteiger partial charge is 0.490 e. The molecule has 2 aromatic carbocycles. The number of nitrogens with zero attached hydrogens (tertiary/aromatic N) is 1. The van der Waals surface area contributed by atoms with Crippen molar-refractivity contribution in [3.8, 4) is 11.5 Å². The molecule has 0 saturated carbocycles. The zero-order chi connectivity index (χ0) is 20.3. The molecule has 1 aliphatic rings. The molecule has 0 radical (unpaired) electrons. The Labute approximate surface area is 172 Å². The molecule has 146 valence electrons. The number of anilines is 1. The molecule has 1 N–H and O–H groups in total. The summed E-state index contributed by atoms with van der Waals surface area (Å²) in [4.78, 5) is 25.1. The summed E-state index contributed by atoms with van der Waals surface area (Å²) in [7, 11) is 0. The zero-order valence-electron chi connectivity index (χ0n) is 15.3. The Bertz CT molecular complexity index is 959. The first-order valence-electron chi connectivity index (χ1n) is 8.66. The van der Waals surface area contributed by atoms with E-state index in [0.717, 1.165) is 5.01 Å². The van der Waals surface area contributed by atoms with Crippen LogP contribution < -0.4 is 19.9 Å². The molecular formula is C20H18Cl2N2O4. The lowest BCUT2D eigenvalue weighted by Gasteiger charge is -2.15. The standard InChI is InChI=1S/C20H18Cl2N2O4/c1-3-27-17-8-5-12(10-18(17)28-4-2)9-14-19(25)23-24(20(14)26)13-6-7-15(21)16(22)11-13/h5-11H,3-4H2,1-2H3,(H,23,25)/b14-9+. The van der Waals surface area contributed by atoms with Crippen molar-refractivity contribution in [2.45, 2.75) is 13.8 Å². The molecule has 1 heterocycles. The summed E-state index contributed by atoms with van der Waals surface area (Å²) in [6, 6.07) is 9.89. The average Bonchev–Trinajstić information content (AvgIpc) is 2.94. The Morgan fingerprint density at radius 2 is 1.68 bits per heavy atom. The van der Waals surface area contributed by atoms with Gasteiger partial charge in [-0.2, -0.15) is 0 Å². The average molecular weight is 421 g/mol. The molecule has 3 rings (SSSR count). The lowest BCUT2D eigenvalue weighted by Crippen LogP contribution is -2.35. The summed E-state index contributed by atoms with van der Waals surface area (Å²) in [5.41, 5.74) is 3.58. The lowest BCUT2D eigenvalue weighted by molar-refractivity contribution is -0.117. The van der Waals surface area contributed by atoms with E-state index in [-0.39, 0.29) is 10.6 Å². The summed E-state index contributed by atoms with van der Waals surface area (Å²) in [6.45, 7) is 4.71. The summed E-state index contributed by atoms with van der Waals surface area (Å²) in [5.74, 6) is 0.148. The third kappa shape index (κ3) is 4.08. The maximum absolute atomic E-state index is 12.7. The number of carbonyl (C=O) groups is 2. The van der Waals surface area contributed by atoms with Gasteiger partial charge in [0, 0.05) is 0 Å². The molecule has 1 saturated heterocycles. The topological polar surface area (TPSA) is 67.9 Å². The molecule has 28 heavy (non-hydrogen) atoms. The Kier molecular flexibility index (Phi) is 6.11. The number of amides is 2. The fraction of sp³-hybridized carbons (Fsp3) is 0.200. The second-order valence-electron chi connectivity index (χ2n) is 5.81. The molecule has 0 aliphatic carbocycles. The van der Waals surface area contributed by atoms with Crippen LogP contribution in [0, 0.1) is 0 Å². The van der Waals surface area contributed by atoms with Gasteiger partial charge in [-0.3, -0.25) is 15.0 Å². The third-order valence-corrected chi connectivity index (χ3v) is 4.67. The first-order chi connectivity index (χ1) is 13.4. The molecule has 1 fully saturated rings. The van der Waals surface area contributed by atoms with Crippen LogP contribution in [0.2, 0.25) is 10.0 Å². The number of carbonyl (C=O) groups excluding carboxylic acids is 2. The monoisotopic (exact) mass is 420 g/mol. The minimum atomic E-state index is -0.511. The number of hydrogen-bond acceptors (Lipinski definition) is 4. The summed E-state index contributed by atoms with van der Waals surface area (Å²) >= 11 is 11.9. The third-order valence-electron chi connectivity index (χ3n) is 3.93. The van der Waals surface area contributed by atoms with E-state index in [0.29, 0.717) is 41.0 Å². The van der Waals surface area contributed by atoms with Crippen molar-refractivity contribution < 1.29 is 19.1 Å². The van der Waals surface area contributed by atoms with Crippen LogP contribution in [0.4, 0.5) is 5.69 Å². The van der Waals surface area contributed by atoms with Gasteiger partial charge in [-0.25, -0.2) is 5.01 Å². The van der Waals surface area contributed by atoms with Crippen LogP contribution >= 0.6 is 23.2 Å². The smallest absolute Gasteiger partial charge is 0.282 e. The fourth-order valence-corrected chi connectivity index (χ4v) is 2.98. The number of ether oxygens (including phenoxy) is 2. The Morgan fingerprint density at radius 1 is 0.964 bits per heavy atom. The van der Waals surface area contributed by atoms with Crippen LogP contribution in [0.25, 0.3) is 6.08 Å². The number of nitrogens with one attached hydrogen (secondary N) is 1. The summed E-state index contributed by atoms with van der Waals surface area (Å²) in [5, 5.41) is 1.78. The molecule has 0 bridgehead atoms. The van der Waals surface area contributed by atoms with Crippen molar-refractivity contribution in [1.29, 1.82) is 0 Å². The van der Waals surface area contributed by atoms with Crippen molar-refractivity contribution in [2.75, 3.05) is 18.2 Å². The molecule has 2 amide bonds. The zero-order valence-corrected chi connectivity index (χ0v) is 16.8. The van der Waals surface area contributed by atoms with Crippen molar-refractivity contribution in [2.24, 2.45) is 0 Å². The van der Waals surface area contributed by atoms with E-state index in [1.807, 2.05) is 13.8 Å². The van der Waals surface area contributed by atoms with Gasteiger partial charge in [0.15, 0.2) is 11.5 Å². The maximum atomic E-state index is 12.7. The van der Waals surface area contributed by atoms with Gasteiger partial charge in [0.25, 0.3) is 11.8 Å². The lowest BCUT2D eigenvalue weighted by atomic mass is 10.1. The molecule has 1 aliphatic heterocycles. The molecule has 0 atom stereocenters. The van der Waals surface area contributed by atoms with Crippen LogP contribution in [0.3, 0.4) is 0 Å². The van der Waals surface area contributed by atoms with E-state index < -0.39 is 11.8 Å². The van der Waals surface area contributed by atoms with E-state index in [1.54, 1.807) is 30.3 Å². The normalized spacial score (nSPS) is 15.1. The number of rotatable bonds is 6. The van der Waals surface area contributed by atoms with Crippen molar-refractivity contribution in [3.63, 3.8) is 0 Å². The maximum Gasteiger partial charge on any atom is 0.282 e. The van der Waals surface area contributed by atoms with Gasteiger partial charge in [-0.15, -0.1) is 0 Å². The van der Waals surface area contributed by atoms with Gasteiger partial charge in [0.1, 0.15) is 5.57 Å². The molecule has 8 heteroatoms. The van der Waals surface area contributed by atoms with Crippen molar-refractivity contribution >= 4 is 46.8 Å². The van der Waals surface area contributed by atoms with Crippen molar-refractivity contribution in [1.82, 2.24) is 5.43 Å². The Morgan fingerprint density at radius 3 is 2.36 bits per heavy atom. The minimum Gasteiger partial charge on any atom is -0.490 e. The van der Waals surface area contributed by atoms with Crippen LogP contribution in [-0.4, -0.2) is 25.0 Å². The second-order valence-corrected chi connectivity index (χ2v) is 6.62. The molecule has 0 spiro atoms. The van der Waals surface area contributed by atoms with E-state index in [1.165, 1.54) is 12.1 Å². The van der Waals surface area contributed by atoms with E-state index in [4.69, 9.17) is 32.7 Å². The summed E-state index contributed by atoms with van der Waals surface area (Å²) < 4.78 is 11.1. The fourth-order valence-electron chi connectivity index (χ4n) is 2.69. The van der Waals surface area contributed by atoms with Crippen molar-refractivity contribution in [3.05, 3.63) is 57.6 Å². The molecule has 0 unspecified atom stereocenters. The first kappa shape index (κ1) is 20.0. The van der Waals surface area contributed by atoms with Crippen LogP contribution in [0.1, 0.15) is 19.4 Å². The van der Waals surface area contributed by atoms with Crippen LogP contribution in [0.15, 0.2) is 42.0 Å². The Hall–Kier alpha value is -2.70. The number of halogens is 2. The SMILES string of the molecule is CCOc1ccc(/C=C2\C(=O)NN(c3ccc(Cl)c(Cl)c3)C2=O)cc1OCC. The highest BCUT2D eigenvalue weighted by Crippen LogP contribution is 2.31. The van der Waals surface area contributed by atoms with E-state index in [2.05, 4.69) is 5.43 Å². The highest BCUT2D eigenvalue weighted by atomic mass is 35.5. The molecular weight excluding hydrogens is 403 g/mol. The predicted octanol–water partition coefficient (Wildman–Crippen LogP) is 4.25. The quantitative estimate of drug-likeness (QED) is 0.560. The summed E-state index contributed by atoms with van der Waals surface area (Å²) in [6.07, 6.45) is 1.51. The number of benzene rings is 2. The van der Waals surface area contributed by atoms with Gasteiger partial charge < -0.3 is 9.47 Å². The molecule has 6 nitrogen and oxygen atoms in total. The van der Waals surface area contributed by atoms with Gasteiger partial charge in [-0.05, 0) is 55.8 Å². The molecule has 2 aromatic rings. The van der Waals surface area contributed by atoms with Gasteiger partial charge in [0.05, 0.1) is 28.9 Å². The predicted molar refractivity (Wildman–Crippen MR) is 109 cm³/mol. The number of hydrazine groups is 1. The second kappa shape index (κ2) is 8.54. The van der Waals surface area contributed by atoms with Crippen LogP contribution in [-0.2, 0) is 9.59 Å². The van der Waals surface area contributed by atoms with Gasteiger partial charge in [-0.1, -0.05) is 29.3 Å².